The largest absolute Gasteiger partial charge is 0.455 e. The molecule has 0 aliphatic rings. The Balaban J connectivity index is 1.43. The van der Waals surface area contributed by atoms with E-state index in [1.54, 1.807) is 12.1 Å². The number of rotatable bonds is 4. The Labute approximate surface area is 223 Å². The van der Waals surface area contributed by atoms with Gasteiger partial charge in [0.1, 0.15) is 11.2 Å². The van der Waals surface area contributed by atoms with Crippen LogP contribution in [-0.2, 0) is 0 Å². The van der Waals surface area contributed by atoms with Crippen LogP contribution in [0.2, 0.25) is 0 Å². The third-order valence-electron chi connectivity index (χ3n) is 6.16. The van der Waals surface area contributed by atoms with Crippen LogP contribution in [0.1, 0.15) is 13.7 Å². The van der Waals surface area contributed by atoms with E-state index in [0.717, 1.165) is 27.1 Å². The first kappa shape index (κ1) is 12.8. The molecule has 0 radical (unpaired) electrons. The normalized spacial score (nSPS) is 15.2. The second-order valence-corrected chi connectivity index (χ2v) is 8.40. The summed E-state index contributed by atoms with van der Waals surface area (Å²) in [5.41, 5.74) is 2.65. The molecule has 2 nitrogen and oxygen atoms in total. The number of nitrogens with one attached hydrogen (secondary N) is 1. The Morgan fingerprint density at radius 1 is 0.528 bits per heavy atom. The lowest BCUT2D eigenvalue weighted by atomic mass is 9.98. The van der Waals surface area contributed by atoms with Crippen LogP contribution in [0.15, 0.2) is 138 Å². The molecular weight excluding hydrogens is 438 g/mol. The molecule has 7 rings (SSSR count). The Morgan fingerprint density at radius 2 is 1.19 bits per heavy atom. The molecule has 7 aromatic rings. The van der Waals surface area contributed by atoms with Crippen molar-refractivity contribution in [2.45, 2.75) is 0 Å². The van der Waals surface area contributed by atoms with Gasteiger partial charge in [0.2, 0.25) is 0 Å². The molecule has 0 amide bonds. The molecule has 0 aliphatic heterocycles. The van der Waals surface area contributed by atoms with Crippen molar-refractivity contribution in [1.82, 2.24) is 0 Å². The van der Waals surface area contributed by atoms with Crippen molar-refractivity contribution in [3.05, 3.63) is 133 Å². The molecular formula is C34H23NO. The van der Waals surface area contributed by atoms with Crippen molar-refractivity contribution in [2.75, 3.05) is 5.32 Å². The zero-order chi connectivity index (χ0) is 32.6. The Kier molecular flexibility index (Phi) is 2.99. The second kappa shape index (κ2) is 8.44. The summed E-state index contributed by atoms with van der Waals surface area (Å²) in [6, 6.07) is 17.5. The van der Waals surface area contributed by atoms with Crippen LogP contribution in [0.4, 0.5) is 11.4 Å². The molecule has 0 saturated carbocycles. The average Bonchev–Trinajstić information content (AvgIpc) is 3.43. The highest BCUT2D eigenvalue weighted by atomic mass is 16.3. The molecule has 6 aromatic carbocycles. The number of furan rings is 1. The molecule has 0 bridgehead atoms. The van der Waals surface area contributed by atoms with E-state index in [-0.39, 0.29) is 22.3 Å². The van der Waals surface area contributed by atoms with Gasteiger partial charge in [0.25, 0.3) is 0 Å². The third-order valence-corrected chi connectivity index (χ3v) is 6.16. The van der Waals surface area contributed by atoms with Gasteiger partial charge in [-0.05, 0) is 64.0 Å². The van der Waals surface area contributed by atoms with Gasteiger partial charge < -0.3 is 9.73 Å². The summed E-state index contributed by atoms with van der Waals surface area (Å²) in [6.07, 6.45) is 0. The van der Waals surface area contributed by atoms with E-state index < -0.39 is 60.4 Å². The fraction of sp³-hybridized carbons (Fsp3) is 0. The zero-order valence-electron chi connectivity index (χ0n) is 28.8. The maximum atomic E-state index is 8.56. The maximum absolute atomic E-state index is 8.56. The standard InChI is InChI=1S/C34H23NO/c1-3-9-23(10-4-1)26-19-27(24-11-5-2-6-12-24)21-29(20-26)35-28-16-18-31-32-17-15-25-13-7-8-14-30(25)34(32)36-33(31)22-28/h1-22,35H/i1D,2D,3D,4D,5D,6D,9D,10D,11D,12D. The molecule has 1 N–H and O–H groups in total. The lowest BCUT2D eigenvalue weighted by Gasteiger charge is -2.13. The second-order valence-electron chi connectivity index (χ2n) is 8.40. The highest BCUT2D eigenvalue weighted by Crippen LogP contribution is 2.36. The smallest absolute Gasteiger partial charge is 0.143 e. The number of fused-ring (bicyclic) bond motifs is 5. The molecule has 0 unspecified atom stereocenters. The van der Waals surface area contributed by atoms with Crippen LogP contribution in [0.25, 0.3) is 55.0 Å². The lowest BCUT2D eigenvalue weighted by Crippen LogP contribution is -1.92. The fourth-order valence-electron chi connectivity index (χ4n) is 4.53. The van der Waals surface area contributed by atoms with E-state index >= 15 is 0 Å². The van der Waals surface area contributed by atoms with Crippen molar-refractivity contribution >= 4 is 44.1 Å². The maximum Gasteiger partial charge on any atom is 0.143 e. The van der Waals surface area contributed by atoms with Gasteiger partial charge >= 0.3 is 0 Å². The minimum atomic E-state index is -0.536. The van der Waals surface area contributed by atoms with Crippen molar-refractivity contribution in [3.63, 3.8) is 0 Å². The SMILES string of the molecule is [2H]c1c([2H])c([2H])c(-c2cc(Nc3ccc4c(c3)oc3c5ccccc5ccc43)cc(-c3c([2H])c([2H])c([2H])c([2H])c3[2H])c2)c([2H])c1[2H]. The molecule has 1 heterocycles. The Morgan fingerprint density at radius 3 is 1.92 bits per heavy atom. The predicted molar refractivity (Wildman–Crippen MR) is 152 cm³/mol. The van der Waals surface area contributed by atoms with E-state index in [4.69, 9.17) is 18.1 Å². The summed E-state index contributed by atoms with van der Waals surface area (Å²) in [6.45, 7) is 0. The van der Waals surface area contributed by atoms with Crippen molar-refractivity contribution < 1.29 is 18.1 Å². The highest BCUT2D eigenvalue weighted by Gasteiger charge is 2.11. The summed E-state index contributed by atoms with van der Waals surface area (Å²) in [5, 5.41) is 7.21. The first-order valence-corrected chi connectivity index (χ1v) is 11.4. The van der Waals surface area contributed by atoms with Gasteiger partial charge in [-0.15, -0.1) is 0 Å². The fourth-order valence-corrected chi connectivity index (χ4v) is 4.53. The third kappa shape index (κ3) is 3.60. The van der Waals surface area contributed by atoms with Gasteiger partial charge in [-0.3, -0.25) is 0 Å². The summed E-state index contributed by atoms with van der Waals surface area (Å²) < 4.78 is 89.3. The number of anilines is 2. The molecule has 0 aliphatic carbocycles. The molecule has 1 aromatic heterocycles. The number of benzene rings is 6. The summed E-state index contributed by atoms with van der Waals surface area (Å²) in [7, 11) is 0. The monoisotopic (exact) mass is 471 g/mol. The molecule has 170 valence electrons. The predicted octanol–water partition coefficient (Wildman–Crippen LogP) is 9.82. The van der Waals surface area contributed by atoms with Crippen LogP contribution in [0, 0.1) is 0 Å². The quantitative estimate of drug-likeness (QED) is 0.276. The van der Waals surface area contributed by atoms with Crippen LogP contribution in [0.5, 0.6) is 0 Å². The summed E-state index contributed by atoms with van der Waals surface area (Å²) in [5.74, 6) is 0. The van der Waals surface area contributed by atoms with Crippen LogP contribution in [0.3, 0.4) is 0 Å². The van der Waals surface area contributed by atoms with Crippen molar-refractivity contribution in [3.8, 4) is 22.3 Å². The molecule has 2 heteroatoms. The first-order chi connectivity index (χ1) is 22.0. The topological polar surface area (TPSA) is 25.2 Å². The van der Waals surface area contributed by atoms with Crippen LogP contribution in [-0.4, -0.2) is 0 Å². The van der Waals surface area contributed by atoms with Crippen LogP contribution < -0.4 is 5.32 Å². The van der Waals surface area contributed by atoms with Gasteiger partial charge in [-0.2, -0.15) is 0 Å². The van der Waals surface area contributed by atoms with E-state index in [1.165, 1.54) is 6.07 Å². The first-order valence-electron chi connectivity index (χ1n) is 16.4. The van der Waals surface area contributed by atoms with E-state index in [1.807, 2.05) is 54.6 Å². The Hall–Kier alpha value is -4.82. The van der Waals surface area contributed by atoms with Gasteiger partial charge in [0.05, 0.1) is 13.7 Å². The zero-order valence-corrected chi connectivity index (χ0v) is 18.8. The van der Waals surface area contributed by atoms with Crippen molar-refractivity contribution in [2.24, 2.45) is 0 Å². The van der Waals surface area contributed by atoms with Gasteiger partial charge in [-0.1, -0.05) is 90.8 Å². The Bertz CT molecular complexity index is 2270. The molecule has 36 heavy (non-hydrogen) atoms. The summed E-state index contributed by atoms with van der Waals surface area (Å²) in [4.78, 5) is 0. The molecule has 0 fully saturated rings. The minimum absolute atomic E-state index is 0.0807. The average molecular weight is 472 g/mol. The minimum Gasteiger partial charge on any atom is -0.455 e. The molecule has 0 saturated heterocycles. The van der Waals surface area contributed by atoms with Gasteiger partial charge in [0, 0.05) is 33.6 Å². The van der Waals surface area contributed by atoms with E-state index in [0.29, 0.717) is 17.0 Å². The lowest BCUT2D eigenvalue weighted by molar-refractivity contribution is 0.673. The highest BCUT2D eigenvalue weighted by molar-refractivity contribution is 6.15. The van der Waals surface area contributed by atoms with E-state index in [9.17, 15) is 0 Å². The van der Waals surface area contributed by atoms with E-state index in [2.05, 4.69) is 5.32 Å². The van der Waals surface area contributed by atoms with Gasteiger partial charge in [0.15, 0.2) is 0 Å². The molecule has 0 spiro atoms. The molecule has 0 atom stereocenters. The number of hydrogen-bond donors (Lipinski definition) is 1. The van der Waals surface area contributed by atoms with Crippen molar-refractivity contribution in [1.29, 1.82) is 0 Å². The van der Waals surface area contributed by atoms with Gasteiger partial charge in [-0.25, -0.2) is 0 Å². The van der Waals surface area contributed by atoms with Crippen LogP contribution >= 0.6 is 0 Å². The summed E-state index contributed by atoms with van der Waals surface area (Å²) >= 11 is 0. The number of hydrogen-bond acceptors (Lipinski definition) is 2.